The van der Waals surface area contributed by atoms with Crippen molar-refractivity contribution in [3.8, 4) is 0 Å². The number of rotatable bonds is 1. The summed E-state index contributed by atoms with van der Waals surface area (Å²) in [5.74, 6) is 0.479. The zero-order valence-corrected chi connectivity index (χ0v) is 8.84. The lowest BCUT2D eigenvalue weighted by molar-refractivity contribution is -0.122. The molecule has 0 N–H and O–H groups in total. The van der Waals surface area contributed by atoms with E-state index < -0.39 is 0 Å². The molecular formula is C11H19NO. The van der Waals surface area contributed by atoms with Crippen molar-refractivity contribution in [2.45, 2.75) is 52.0 Å². The lowest BCUT2D eigenvalue weighted by atomic mass is 9.89. The highest BCUT2D eigenvalue weighted by Crippen LogP contribution is 2.19. The predicted molar refractivity (Wildman–Crippen MR) is 55.2 cm³/mol. The van der Waals surface area contributed by atoms with E-state index >= 15 is 0 Å². The first-order chi connectivity index (χ1) is 5.99. The van der Waals surface area contributed by atoms with Crippen LogP contribution in [0.25, 0.3) is 0 Å². The molecule has 0 aromatic heterocycles. The molecule has 1 rings (SSSR count). The molecule has 0 aliphatic heterocycles. The van der Waals surface area contributed by atoms with Gasteiger partial charge in [0.1, 0.15) is 5.78 Å². The average molecular weight is 181 g/mol. The van der Waals surface area contributed by atoms with Crippen LogP contribution in [0.15, 0.2) is 4.99 Å². The molecule has 74 valence electrons. The van der Waals surface area contributed by atoms with Gasteiger partial charge in [0, 0.05) is 12.6 Å². The Bertz CT molecular complexity index is 213. The second-order valence-electron chi connectivity index (χ2n) is 4.77. The number of Topliss-reactive ketones (excluding diaryl/α,β-unsaturated/α-hetero) is 1. The monoisotopic (exact) mass is 181 g/mol. The van der Waals surface area contributed by atoms with Gasteiger partial charge in [-0.15, -0.1) is 0 Å². The third-order valence-electron chi connectivity index (χ3n) is 2.24. The second-order valence-corrected chi connectivity index (χ2v) is 4.77. The Morgan fingerprint density at radius 2 is 2.08 bits per heavy atom. The molecule has 1 fully saturated rings. The van der Waals surface area contributed by atoms with Gasteiger partial charge in [-0.1, -0.05) is 6.42 Å². The molecule has 0 saturated heterocycles. The number of hydrogen-bond acceptors (Lipinski definition) is 2. The minimum absolute atomic E-state index is 0.0439. The minimum atomic E-state index is -0.0439. The second kappa shape index (κ2) is 4.03. The molecule has 0 aromatic carbocycles. The van der Waals surface area contributed by atoms with Gasteiger partial charge in [-0.05, 0) is 33.6 Å². The summed E-state index contributed by atoms with van der Waals surface area (Å²) in [6.07, 6.45) is 5.85. The minimum Gasteiger partial charge on any atom is -0.299 e. The zero-order valence-electron chi connectivity index (χ0n) is 8.84. The SMILES string of the molecule is CC(C)(C)N=CC1CCCCC1=O. The smallest absolute Gasteiger partial charge is 0.141 e. The first-order valence-corrected chi connectivity index (χ1v) is 5.07. The van der Waals surface area contributed by atoms with E-state index in [1.54, 1.807) is 0 Å². The number of aliphatic imine (C=N–C) groups is 1. The van der Waals surface area contributed by atoms with Crippen LogP contribution in [0, 0.1) is 5.92 Å². The highest BCUT2D eigenvalue weighted by atomic mass is 16.1. The molecule has 0 spiro atoms. The maximum Gasteiger partial charge on any atom is 0.141 e. The van der Waals surface area contributed by atoms with E-state index in [0.29, 0.717) is 5.78 Å². The van der Waals surface area contributed by atoms with Crippen molar-refractivity contribution < 1.29 is 4.79 Å². The molecule has 1 unspecified atom stereocenters. The standard InChI is InChI=1S/C11H19NO/c1-11(2,3)12-8-9-6-4-5-7-10(9)13/h8-9H,4-7H2,1-3H3. The Labute approximate surface area is 80.4 Å². The van der Waals surface area contributed by atoms with Gasteiger partial charge in [-0.3, -0.25) is 9.79 Å². The van der Waals surface area contributed by atoms with Gasteiger partial charge < -0.3 is 0 Å². The summed E-state index contributed by atoms with van der Waals surface area (Å²) >= 11 is 0. The van der Waals surface area contributed by atoms with Crippen molar-refractivity contribution in [2.75, 3.05) is 0 Å². The van der Waals surface area contributed by atoms with Crippen molar-refractivity contribution in [1.82, 2.24) is 0 Å². The van der Waals surface area contributed by atoms with Crippen LogP contribution >= 0.6 is 0 Å². The molecule has 1 atom stereocenters. The molecule has 1 aliphatic carbocycles. The molecule has 1 saturated carbocycles. The maximum atomic E-state index is 11.4. The Morgan fingerprint density at radius 1 is 1.38 bits per heavy atom. The topological polar surface area (TPSA) is 29.4 Å². The Balaban J connectivity index is 2.52. The molecule has 2 heteroatoms. The number of ketones is 1. The van der Waals surface area contributed by atoms with E-state index in [0.717, 1.165) is 19.3 Å². The Morgan fingerprint density at radius 3 is 2.62 bits per heavy atom. The molecule has 0 amide bonds. The summed E-state index contributed by atoms with van der Waals surface area (Å²) in [4.78, 5) is 15.8. The summed E-state index contributed by atoms with van der Waals surface area (Å²) in [5.41, 5.74) is -0.0439. The normalized spacial score (nSPS) is 25.5. The van der Waals surface area contributed by atoms with Crippen LogP contribution in [-0.2, 0) is 4.79 Å². The summed E-state index contributed by atoms with van der Waals surface area (Å²) in [7, 11) is 0. The van der Waals surface area contributed by atoms with E-state index in [1.165, 1.54) is 6.42 Å². The first-order valence-electron chi connectivity index (χ1n) is 5.07. The van der Waals surface area contributed by atoms with Crippen LogP contribution in [-0.4, -0.2) is 17.5 Å². The van der Waals surface area contributed by atoms with Crippen LogP contribution in [0.2, 0.25) is 0 Å². The van der Waals surface area contributed by atoms with Crippen molar-refractivity contribution in [3.63, 3.8) is 0 Å². The van der Waals surface area contributed by atoms with Crippen molar-refractivity contribution in [2.24, 2.45) is 10.9 Å². The summed E-state index contributed by atoms with van der Waals surface area (Å²) in [6, 6.07) is 0. The van der Waals surface area contributed by atoms with E-state index in [9.17, 15) is 4.79 Å². The van der Waals surface area contributed by atoms with Crippen molar-refractivity contribution in [3.05, 3.63) is 0 Å². The van der Waals surface area contributed by atoms with Gasteiger partial charge in [0.2, 0.25) is 0 Å². The van der Waals surface area contributed by atoms with E-state index in [4.69, 9.17) is 0 Å². The lowest BCUT2D eigenvalue weighted by Gasteiger charge is -2.18. The van der Waals surface area contributed by atoms with E-state index in [-0.39, 0.29) is 11.5 Å². The summed E-state index contributed by atoms with van der Waals surface area (Å²) < 4.78 is 0. The fourth-order valence-electron chi connectivity index (χ4n) is 1.48. The van der Waals surface area contributed by atoms with Crippen molar-refractivity contribution in [1.29, 1.82) is 0 Å². The highest BCUT2D eigenvalue weighted by molar-refractivity contribution is 5.95. The van der Waals surface area contributed by atoms with Gasteiger partial charge in [0.25, 0.3) is 0 Å². The van der Waals surface area contributed by atoms with E-state index in [2.05, 4.69) is 25.8 Å². The summed E-state index contributed by atoms with van der Waals surface area (Å²) in [6.45, 7) is 6.16. The van der Waals surface area contributed by atoms with Gasteiger partial charge in [0.15, 0.2) is 0 Å². The number of carbonyl (C=O) groups excluding carboxylic acids is 1. The number of nitrogens with zero attached hydrogens (tertiary/aromatic N) is 1. The average Bonchev–Trinajstić information content (AvgIpc) is 2.01. The van der Waals surface area contributed by atoms with Gasteiger partial charge in [-0.2, -0.15) is 0 Å². The van der Waals surface area contributed by atoms with Crippen LogP contribution in [0.5, 0.6) is 0 Å². The third kappa shape index (κ3) is 3.71. The van der Waals surface area contributed by atoms with Crippen LogP contribution in [0.4, 0.5) is 0 Å². The fraction of sp³-hybridized carbons (Fsp3) is 0.818. The molecule has 0 heterocycles. The highest BCUT2D eigenvalue weighted by Gasteiger charge is 2.20. The van der Waals surface area contributed by atoms with Crippen LogP contribution in [0.3, 0.4) is 0 Å². The Hall–Kier alpha value is -0.660. The fourth-order valence-corrected chi connectivity index (χ4v) is 1.48. The molecule has 0 bridgehead atoms. The largest absolute Gasteiger partial charge is 0.299 e. The molecule has 2 nitrogen and oxygen atoms in total. The molecule has 0 radical (unpaired) electrons. The van der Waals surface area contributed by atoms with Gasteiger partial charge in [-0.25, -0.2) is 0 Å². The van der Waals surface area contributed by atoms with Crippen LogP contribution < -0.4 is 0 Å². The third-order valence-corrected chi connectivity index (χ3v) is 2.24. The first kappa shape index (κ1) is 10.4. The summed E-state index contributed by atoms with van der Waals surface area (Å²) in [5, 5.41) is 0. The number of hydrogen-bond donors (Lipinski definition) is 0. The molecule has 13 heavy (non-hydrogen) atoms. The van der Waals surface area contributed by atoms with Gasteiger partial charge in [0.05, 0.1) is 11.5 Å². The predicted octanol–water partition coefficient (Wildman–Crippen LogP) is 2.62. The molecule has 0 aromatic rings. The lowest BCUT2D eigenvalue weighted by Crippen LogP contribution is -2.22. The number of carbonyl (C=O) groups is 1. The molecular weight excluding hydrogens is 162 g/mol. The van der Waals surface area contributed by atoms with E-state index in [1.807, 2.05) is 6.21 Å². The quantitative estimate of drug-likeness (QED) is 0.572. The zero-order chi connectivity index (χ0) is 9.90. The molecule has 1 aliphatic rings. The van der Waals surface area contributed by atoms with Crippen molar-refractivity contribution >= 4 is 12.0 Å². The Kier molecular flexibility index (Phi) is 3.23. The van der Waals surface area contributed by atoms with Crippen LogP contribution in [0.1, 0.15) is 46.5 Å². The van der Waals surface area contributed by atoms with Gasteiger partial charge >= 0.3 is 0 Å². The maximum absolute atomic E-state index is 11.4.